The van der Waals surface area contributed by atoms with Crippen molar-refractivity contribution < 1.29 is 0 Å². The number of hydrogen-bond donors (Lipinski definition) is 3. The van der Waals surface area contributed by atoms with Gasteiger partial charge in [0.05, 0.1) is 6.04 Å². The number of nitrogens with two attached hydrogens (primary N) is 1. The Morgan fingerprint density at radius 1 is 1.50 bits per heavy atom. The Balaban J connectivity index is 2.33. The van der Waals surface area contributed by atoms with Gasteiger partial charge in [-0.05, 0) is 12.3 Å². The van der Waals surface area contributed by atoms with Gasteiger partial charge >= 0.3 is 0 Å². The molecule has 1 unspecified atom stereocenters. The molecule has 0 radical (unpaired) electrons. The fourth-order valence-corrected chi connectivity index (χ4v) is 1.50. The molecule has 80 valence electrons. The third-order valence-electron chi connectivity index (χ3n) is 2.32. The molecule has 1 heterocycles. The van der Waals surface area contributed by atoms with Crippen molar-refractivity contribution >= 4 is 0 Å². The lowest BCUT2D eigenvalue weighted by Gasteiger charge is -2.13. The first-order valence-corrected chi connectivity index (χ1v) is 5.19. The Morgan fingerprint density at radius 2 is 2.29 bits per heavy atom. The molecule has 4 heteroatoms. The third-order valence-corrected chi connectivity index (χ3v) is 2.32. The lowest BCUT2D eigenvalue weighted by molar-refractivity contribution is 0.442. The minimum absolute atomic E-state index is 0.156. The van der Waals surface area contributed by atoms with E-state index in [1.54, 1.807) is 6.20 Å². The number of nitrogens with zero attached hydrogens (tertiary/aromatic N) is 1. The molecule has 4 N–H and O–H groups in total. The summed E-state index contributed by atoms with van der Waals surface area (Å²) in [7, 11) is 0. The van der Waals surface area contributed by atoms with Crippen LogP contribution in [0.5, 0.6) is 0 Å². The van der Waals surface area contributed by atoms with Gasteiger partial charge in [0.1, 0.15) is 5.82 Å². The van der Waals surface area contributed by atoms with Crippen molar-refractivity contribution in [2.24, 2.45) is 11.8 Å². The highest BCUT2D eigenvalue weighted by atomic mass is 15.2. The van der Waals surface area contributed by atoms with Crippen LogP contribution in [0.4, 0.5) is 0 Å². The van der Waals surface area contributed by atoms with Crippen LogP contribution in [0.15, 0.2) is 12.4 Å². The normalized spacial score (nSPS) is 13.4. The zero-order valence-electron chi connectivity index (χ0n) is 8.96. The molecule has 1 atom stereocenters. The monoisotopic (exact) mass is 196 g/mol. The largest absolute Gasteiger partial charge is 0.347 e. The predicted molar refractivity (Wildman–Crippen MR) is 57.3 cm³/mol. The SMILES string of the molecule is CC(C)CCCC(NN)c1ncc[nH]1. The van der Waals surface area contributed by atoms with Crippen molar-refractivity contribution in [1.82, 2.24) is 15.4 Å². The van der Waals surface area contributed by atoms with Crippen molar-refractivity contribution in [1.29, 1.82) is 0 Å². The number of H-pyrrole nitrogens is 1. The number of rotatable bonds is 6. The molecule has 4 nitrogen and oxygen atoms in total. The van der Waals surface area contributed by atoms with E-state index in [0.29, 0.717) is 0 Å². The van der Waals surface area contributed by atoms with Gasteiger partial charge in [0.15, 0.2) is 0 Å². The third kappa shape index (κ3) is 3.47. The summed E-state index contributed by atoms with van der Waals surface area (Å²) in [5.74, 6) is 7.15. The van der Waals surface area contributed by atoms with Crippen LogP contribution >= 0.6 is 0 Å². The second-order valence-electron chi connectivity index (χ2n) is 4.02. The topological polar surface area (TPSA) is 66.7 Å². The van der Waals surface area contributed by atoms with Crippen LogP contribution in [-0.4, -0.2) is 9.97 Å². The summed E-state index contributed by atoms with van der Waals surface area (Å²) in [5, 5.41) is 0. The maximum Gasteiger partial charge on any atom is 0.124 e. The van der Waals surface area contributed by atoms with E-state index in [2.05, 4.69) is 29.2 Å². The van der Waals surface area contributed by atoms with E-state index in [1.807, 2.05) is 6.20 Å². The molecule has 0 aromatic carbocycles. The molecule has 1 aromatic rings. The van der Waals surface area contributed by atoms with Gasteiger partial charge in [-0.2, -0.15) is 0 Å². The zero-order chi connectivity index (χ0) is 10.4. The van der Waals surface area contributed by atoms with Gasteiger partial charge in [0.25, 0.3) is 0 Å². The molecule has 0 aliphatic rings. The predicted octanol–water partition coefficient (Wildman–Crippen LogP) is 1.74. The highest BCUT2D eigenvalue weighted by molar-refractivity contribution is 4.94. The molecule has 0 aliphatic carbocycles. The average Bonchev–Trinajstić information content (AvgIpc) is 2.64. The molecule has 0 spiro atoms. The minimum Gasteiger partial charge on any atom is -0.347 e. The van der Waals surface area contributed by atoms with Crippen LogP contribution in [0.1, 0.15) is 45.0 Å². The standard InChI is InChI=1S/C10H20N4/c1-8(2)4-3-5-9(14-11)10-12-6-7-13-10/h6-9,14H,3-5,11H2,1-2H3,(H,12,13). The van der Waals surface area contributed by atoms with Crippen LogP contribution < -0.4 is 11.3 Å². The summed E-state index contributed by atoms with van der Waals surface area (Å²) >= 11 is 0. The van der Waals surface area contributed by atoms with Crippen molar-refractivity contribution in [3.63, 3.8) is 0 Å². The molecule has 0 saturated heterocycles. The van der Waals surface area contributed by atoms with Crippen LogP contribution in [0.25, 0.3) is 0 Å². The Kier molecular flexibility index (Phi) is 4.62. The Bertz CT molecular complexity index is 230. The second kappa shape index (κ2) is 5.78. The Hall–Kier alpha value is -0.870. The van der Waals surface area contributed by atoms with E-state index in [0.717, 1.165) is 18.2 Å². The van der Waals surface area contributed by atoms with Crippen molar-refractivity contribution in [3.8, 4) is 0 Å². The van der Waals surface area contributed by atoms with Gasteiger partial charge in [-0.1, -0.05) is 26.7 Å². The minimum atomic E-state index is 0.156. The highest BCUT2D eigenvalue weighted by Gasteiger charge is 2.11. The fourth-order valence-electron chi connectivity index (χ4n) is 1.50. The number of aromatic nitrogens is 2. The van der Waals surface area contributed by atoms with Crippen LogP contribution in [0.2, 0.25) is 0 Å². The molecule has 0 saturated carbocycles. The van der Waals surface area contributed by atoms with Gasteiger partial charge in [-0.25, -0.2) is 10.4 Å². The molecular formula is C10H20N4. The number of nitrogens with one attached hydrogen (secondary N) is 2. The lowest BCUT2D eigenvalue weighted by atomic mass is 10.0. The molecule has 0 bridgehead atoms. The summed E-state index contributed by atoms with van der Waals surface area (Å²) in [6, 6.07) is 0.156. The zero-order valence-corrected chi connectivity index (χ0v) is 8.96. The number of hydrazine groups is 1. The number of imidazole rings is 1. The fraction of sp³-hybridized carbons (Fsp3) is 0.700. The molecule has 0 amide bonds. The summed E-state index contributed by atoms with van der Waals surface area (Å²) in [6.45, 7) is 4.47. The van der Waals surface area contributed by atoms with Gasteiger partial charge in [0.2, 0.25) is 0 Å². The van der Waals surface area contributed by atoms with E-state index >= 15 is 0 Å². The number of hydrogen-bond acceptors (Lipinski definition) is 3. The first-order valence-electron chi connectivity index (χ1n) is 5.19. The van der Waals surface area contributed by atoms with Crippen molar-refractivity contribution in [2.75, 3.05) is 0 Å². The summed E-state index contributed by atoms with van der Waals surface area (Å²) in [4.78, 5) is 7.26. The second-order valence-corrected chi connectivity index (χ2v) is 4.02. The molecule has 1 rings (SSSR count). The van der Waals surface area contributed by atoms with E-state index in [4.69, 9.17) is 5.84 Å². The van der Waals surface area contributed by atoms with Gasteiger partial charge < -0.3 is 4.98 Å². The van der Waals surface area contributed by atoms with Gasteiger partial charge in [-0.3, -0.25) is 5.84 Å². The summed E-state index contributed by atoms with van der Waals surface area (Å²) < 4.78 is 0. The van der Waals surface area contributed by atoms with Crippen LogP contribution in [0.3, 0.4) is 0 Å². The molecule has 1 aromatic heterocycles. The quantitative estimate of drug-likeness (QED) is 0.479. The first kappa shape index (κ1) is 11.2. The highest BCUT2D eigenvalue weighted by Crippen LogP contribution is 2.16. The Labute approximate surface area is 85.3 Å². The molecular weight excluding hydrogens is 176 g/mol. The van der Waals surface area contributed by atoms with E-state index in [-0.39, 0.29) is 6.04 Å². The number of aromatic amines is 1. The van der Waals surface area contributed by atoms with Crippen molar-refractivity contribution in [3.05, 3.63) is 18.2 Å². The molecule has 14 heavy (non-hydrogen) atoms. The van der Waals surface area contributed by atoms with Crippen LogP contribution in [0, 0.1) is 5.92 Å². The lowest BCUT2D eigenvalue weighted by Crippen LogP contribution is -2.28. The smallest absolute Gasteiger partial charge is 0.124 e. The summed E-state index contributed by atoms with van der Waals surface area (Å²) in [6.07, 6.45) is 7.01. The average molecular weight is 196 g/mol. The van der Waals surface area contributed by atoms with E-state index in [1.165, 1.54) is 12.8 Å². The van der Waals surface area contributed by atoms with Gasteiger partial charge in [0, 0.05) is 12.4 Å². The van der Waals surface area contributed by atoms with Gasteiger partial charge in [-0.15, -0.1) is 0 Å². The van der Waals surface area contributed by atoms with Crippen molar-refractivity contribution in [2.45, 2.75) is 39.2 Å². The maximum absolute atomic E-state index is 5.47. The van der Waals surface area contributed by atoms with E-state index < -0.39 is 0 Å². The van der Waals surface area contributed by atoms with E-state index in [9.17, 15) is 0 Å². The molecule has 0 aliphatic heterocycles. The maximum atomic E-state index is 5.47. The van der Waals surface area contributed by atoms with Crippen LogP contribution in [-0.2, 0) is 0 Å². The summed E-state index contributed by atoms with van der Waals surface area (Å²) in [5.41, 5.74) is 2.78. The first-order chi connectivity index (χ1) is 6.74. The molecule has 0 fully saturated rings. The Morgan fingerprint density at radius 3 is 2.79 bits per heavy atom.